The number of nitrogens with one attached hydrogen (secondary N) is 1. The SMILES string of the molecule is COc1ccc(Nc2ccc(-c3cn(C4CCc5c(F)cccc5N(CC(F)(F)F)C4=O)nn3)cc2OC)cc1. The minimum atomic E-state index is -4.68. The van der Waals surface area contributed by atoms with Gasteiger partial charge in [-0.3, -0.25) is 4.79 Å². The van der Waals surface area contributed by atoms with E-state index in [9.17, 15) is 22.4 Å². The van der Waals surface area contributed by atoms with Crippen molar-refractivity contribution in [1.82, 2.24) is 15.0 Å². The molecule has 2 heterocycles. The van der Waals surface area contributed by atoms with Gasteiger partial charge in [-0.25, -0.2) is 9.07 Å². The largest absolute Gasteiger partial charge is 0.497 e. The number of aromatic nitrogens is 3. The Morgan fingerprint density at radius 2 is 1.82 bits per heavy atom. The van der Waals surface area contributed by atoms with E-state index >= 15 is 0 Å². The van der Waals surface area contributed by atoms with Crippen molar-refractivity contribution in [1.29, 1.82) is 0 Å². The maximum Gasteiger partial charge on any atom is 0.406 e. The Hall–Kier alpha value is -4.61. The number of nitrogens with zero attached hydrogens (tertiary/aromatic N) is 4. The molecular formula is C28H25F4N5O3. The number of rotatable bonds is 7. The summed E-state index contributed by atoms with van der Waals surface area (Å²) in [6.07, 6.45) is -3.08. The topological polar surface area (TPSA) is 81.5 Å². The zero-order chi connectivity index (χ0) is 28.4. The lowest BCUT2D eigenvalue weighted by molar-refractivity contribution is -0.134. The van der Waals surface area contributed by atoms with Crippen LogP contribution in [0, 0.1) is 5.82 Å². The van der Waals surface area contributed by atoms with Gasteiger partial charge in [-0.05, 0) is 61.4 Å². The fourth-order valence-corrected chi connectivity index (χ4v) is 4.68. The molecule has 40 heavy (non-hydrogen) atoms. The van der Waals surface area contributed by atoms with Crippen LogP contribution in [0.4, 0.5) is 34.6 Å². The molecule has 0 spiro atoms. The van der Waals surface area contributed by atoms with E-state index in [0.717, 1.165) is 11.4 Å². The van der Waals surface area contributed by atoms with Gasteiger partial charge in [0.15, 0.2) is 0 Å². The van der Waals surface area contributed by atoms with E-state index in [0.29, 0.717) is 27.6 Å². The third-order valence-corrected chi connectivity index (χ3v) is 6.64. The molecular weight excluding hydrogens is 530 g/mol. The number of benzene rings is 3. The number of amides is 1. The van der Waals surface area contributed by atoms with E-state index in [4.69, 9.17) is 9.47 Å². The predicted octanol–water partition coefficient (Wildman–Crippen LogP) is 5.93. The molecule has 208 valence electrons. The zero-order valence-corrected chi connectivity index (χ0v) is 21.6. The van der Waals surface area contributed by atoms with Gasteiger partial charge in [0.05, 0.1) is 31.8 Å². The first kappa shape index (κ1) is 27.0. The van der Waals surface area contributed by atoms with Crippen LogP contribution in [0.1, 0.15) is 18.0 Å². The van der Waals surface area contributed by atoms with Gasteiger partial charge < -0.3 is 19.7 Å². The number of alkyl halides is 3. The molecule has 0 bridgehead atoms. The fourth-order valence-electron chi connectivity index (χ4n) is 4.68. The van der Waals surface area contributed by atoms with Crippen LogP contribution in [0.25, 0.3) is 11.3 Å². The molecule has 1 N–H and O–H groups in total. The van der Waals surface area contributed by atoms with E-state index in [2.05, 4.69) is 15.6 Å². The molecule has 0 aliphatic carbocycles. The average molecular weight is 556 g/mol. The molecule has 1 unspecified atom stereocenters. The van der Waals surface area contributed by atoms with E-state index in [1.54, 1.807) is 25.3 Å². The summed E-state index contributed by atoms with van der Waals surface area (Å²) in [5, 5.41) is 11.5. The quantitative estimate of drug-likeness (QED) is 0.285. The molecule has 1 aromatic heterocycles. The Labute approximate surface area is 227 Å². The Kier molecular flexibility index (Phi) is 7.33. The lowest BCUT2D eigenvalue weighted by Gasteiger charge is -2.26. The highest BCUT2D eigenvalue weighted by atomic mass is 19.4. The highest BCUT2D eigenvalue weighted by Crippen LogP contribution is 2.36. The van der Waals surface area contributed by atoms with Crippen molar-refractivity contribution in [2.24, 2.45) is 0 Å². The van der Waals surface area contributed by atoms with Crippen LogP contribution in [-0.4, -0.2) is 47.8 Å². The molecule has 3 aromatic carbocycles. The summed E-state index contributed by atoms with van der Waals surface area (Å²) in [6, 6.07) is 15.3. The molecule has 0 radical (unpaired) electrons. The summed E-state index contributed by atoms with van der Waals surface area (Å²) in [5.74, 6) is -0.267. The average Bonchev–Trinajstić information content (AvgIpc) is 3.37. The molecule has 1 amide bonds. The van der Waals surface area contributed by atoms with Gasteiger partial charge in [-0.15, -0.1) is 5.10 Å². The van der Waals surface area contributed by atoms with Crippen LogP contribution in [0.15, 0.2) is 66.9 Å². The third-order valence-electron chi connectivity index (χ3n) is 6.64. The van der Waals surface area contributed by atoms with Gasteiger partial charge in [-0.1, -0.05) is 17.3 Å². The van der Waals surface area contributed by atoms with E-state index in [1.165, 1.54) is 36.2 Å². The van der Waals surface area contributed by atoms with Crippen molar-refractivity contribution in [2.45, 2.75) is 25.1 Å². The number of methoxy groups -OCH3 is 2. The number of ether oxygens (including phenoxy) is 2. The number of carbonyl (C=O) groups excluding carboxylic acids is 1. The number of hydrogen-bond acceptors (Lipinski definition) is 6. The standard InChI is InChI=1S/C28H25F4N5O3/c1-39-19-9-7-18(8-10-19)33-22-12-6-17(14-26(22)40-2)23-15-37(35-34-23)25-13-11-20-21(29)4-3-5-24(20)36(27(25)38)16-28(30,31)32/h3-10,12,14-15,25,33H,11,13,16H2,1-2H3. The lowest BCUT2D eigenvalue weighted by Crippen LogP contribution is -2.42. The van der Waals surface area contributed by atoms with Crippen molar-refractivity contribution in [3.8, 4) is 22.8 Å². The minimum Gasteiger partial charge on any atom is -0.497 e. The number of carbonyl (C=O) groups is 1. The second kappa shape index (κ2) is 10.9. The predicted molar refractivity (Wildman–Crippen MR) is 140 cm³/mol. The molecule has 0 saturated heterocycles. The van der Waals surface area contributed by atoms with Gasteiger partial charge in [0.25, 0.3) is 5.91 Å². The third kappa shape index (κ3) is 5.56. The maximum absolute atomic E-state index is 14.5. The van der Waals surface area contributed by atoms with Crippen molar-refractivity contribution >= 4 is 23.0 Å². The zero-order valence-electron chi connectivity index (χ0n) is 21.6. The number of hydrogen-bond donors (Lipinski definition) is 1. The van der Waals surface area contributed by atoms with Gasteiger partial charge in [0.2, 0.25) is 0 Å². The molecule has 4 aromatic rings. The summed E-state index contributed by atoms with van der Waals surface area (Å²) in [6.45, 7) is -1.54. The summed E-state index contributed by atoms with van der Waals surface area (Å²) >= 11 is 0. The molecule has 0 fully saturated rings. The summed E-state index contributed by atoms with van der Waals surface area (Å²) in [5.41, 5.74) is 2.47. The first-order valence-electron chi connectivity index (χ1n) is 12.3. The smallest absolute Gasteiger partial charge is 0.406 e. The Bertz CT molecular complexity index is 1520. The van der Waals surface area contributed by atoms with Gasteiger partial charge in [0, 0.05) is 16.8 Å². The van der Waals surface area contributed by atoms with Crippen LogP contribution in [0.5, 0.6) is 11.5 Å². The first-order valence-corrected chi connectivity index (χ1v) is 12.3. The summed E-state index contributed by atoms with van der Waals surface area (Å²) in [4.78, 5) is 14.0. The molecule has 1 aliphatic rings. The second-order valence-electron chi connectivity index (χ2n) is 9.18. The molecule has 1 atom stereocenters. The summed E-state index contributed by atoms with van der Waals surface area (Å²) in [7, 11) is 3.11. The molecule has 1 aliphatic heterocycles. The van der Waals surface area contributed by atoms with Crippen LogP contribution in [0.2, 0.25) is 0 Å². The van der Waals surface area contributed by atoms with Crippen molar-refractivity contribution < 1.29 is 31.8 Å². The Balaban J connectivity index is 1.42. The fraction of sp³-hybridized carbons (Fsp3) is 0.250. The van der Waals surface area contributed by atoms with E-state index in [1.807, 2.05) is 24.3 Å². The molecule has 0 saturated carbocycles. The second-order valence-corrected chi connectivity index (χ2v) is 9.18. The van der Waals surface area contributed by atoms with Crippen molar-refractivity contribution in [3.05, 3.63) is 78.2 Å². The molecule has 5 rings (SSSR count). The van der Waals surface area contributed by atoms with Crippen LogP contribution in [-0.2, 0) is 11.2 Å². The number of fused-ring (bicyclic) bond motifs is 1. The van der Waals surface area contributed by atoms with E-state index < -0.39 is 30.5 Å². The molecule has 12 heteroatoms. The highest BCUT2D eigenvalue weighted by molar-refractivity contribution is 5.97. The molecule has 8 nitrogen and oxygen atoms in total. The lowest BCUT2D eigenvalue weighted by atomic mass is 10.1. The van der Waals surface area contributed by atoms with Crippen molar-refractivity contribution in [3.63, 3.8) is 0 Å². The monoisotopic (exact) mass is 555 g/mol. The van der Waals surface area contributed by atoms with Crippen LogP contribution < -0.4 is 19.7 Å². The number of halogens is 4. The normalized spacial score (nSPS) is 15.4. The van der Waals surface area contributed by atoms with Gasteiger partial charge in [-0.2, -0.15) is 13.2 Å². The van der Waals surface area contributed by atoms with Crippen LogP contribution in [0.3, 0.4) is 0 Å². The summed E-state index contributed by atoms with van der Waals surface area (Å²) < 4.78 is 66.8. The first-order chi connectivity index (χ1) is 19.2. The van der Waals surface area contributed by atoms with E-state index in [-0.39, 0.29) is 24.1 Å². The highest BCUT2D eigenvalue weighted by Gasteiger charge is 2.40. The van der Waals surface area contributed by atoms with Crippen LogP contribution >= 0.6 is 0 Å². The maximum atomic E-state index is 14.5. The minimum absolute atomic E-state index is 0.0535. The van der Waals surface area contributed by atoms with Crippen molar-refractivity contribution in [2.75, 3.05) is 31.0 Å². The Morgan fingerprint density at radius 1 is 1.05 bits per heavy atom. The van der Waals surface area contributed by atoms with Gasteiger partial charge in [0.1, 0.15) is 35.6 Å². The number of anilines is 3. The van der Waals surface area contributed by atoms with Gasteiger partial charge >= 0.3 is 6.18 Å². The Morgan fingerprint density at radius 3 is 2.52 bits per heavy atom.